The standard InChI is InChI=1S/C21H31N3O3/c1-5-11-22-20(25)23-16-8-9-21(10-12-24(2)19(21)14-16)15-6-7-17(26-3)18(13-15)27-4/h5-7,13,16,19H,1,8-12,14H2,2-4H3,(H2,22,23,25)/t16-,19+,21+/m1/s1. The molecule has 0 bridgehead atoms. The van der Waals surface area contributed by atoms with Gasteiger partial charge in [-0.3, -0.25) is 0 Å². The van der Waals surface area contributed by atoms with Gasteiger partial charge in [-0.1, -0.05) is 12.1 Å². The van der Waals surface area contributed by atoms with Gasteiger partial charge < -0.3 is 25.0 Å². The molecule has 2 N–H and O–H groups in total. The second-order valence-corrected chi connectivity index (χ2v) is 7.59. The number of rotatable bonds is 6. The third-order valence-electron chi connectivity index (χ3n) is 6.23. The Morgan fingerprint density at radius 2 is 2.11 bits per heavy atom. The van der Waals surface area contributed by atoms with Gasteiger partial charge in [0.1, 0.15) is 0 Å². The van der Waals surface area contributed by atoms with Crippen LogP contribution in [0.4, 0.5) is 4.79 Å². The Morgan fingerprint density at radius 3 is 2.81 bits per heavy atom. The number of urea groups is 1. The van der Waals surface area contributed by atoms with Crippen LogP contribution >= 0.6 is 0 Å². The van der Waals surface area contributed by atoms with Gasteiger partial charge in [0, 0.05) is 24.0 Å². The number of hydrogen-bond acceptors (Lipinski definition) is 4. The highest BCUT2D eigenvalue weighted by Gasteiger charge is 2.50. The first kappa shape index (κ1) is 19.5. The van der Waals surface area contributed by atoms with E-state index in [1.807, 2.05) is 6.07 Å². The molecule has 1 aromatic rings. The first-order valence-corrected chi connectivity index (χ1v) is 9.62. The molecule has 0 aromatic heterocycles. The molecule has 6 heteroatoms. The minimum Gasteiger partial charge on any atom is -0.493 e. The molecule has 1 aromatic carbocycles. The molecule has 2 fully saturated rings. The van der Waals surface area contributed by atoms with Crippen LogP contribution in [0, 0.1) is 0 Å². The predicted molar refractivity (Wildman–Crippen MR) is 107 cm³/mol. The highest BCUT2D eigenvalue weighted by molar-refractivity contribution is 5.74. The summed E-state index contributed by atoms with van der Waals surface area (Å²) in [5.74, 6) is 1.54. The number of carbonyl (C=O) groups excluding carboxylic acids is 1. The fraction of sp³-hybridized carbons (Fsp3) is 0.571. The second-order valence-electron chi connectivity index (χ2n) is 7.59. The van der Waals surface area contributed by atoms with Crippen molar-refractivity contribution in [1.82, 2.24) is 15.5 Å². The Morgan fingerprint density at radius 1 is 1.33 bits per heavy atom. The summed E-state index contributed by atoms with van der Waals surface area (Å²) in [7, 11) is 5.53. The van der Waals surface area contributed by atoms with Crippen LogP contribution < -0.4 is 20.1 Å². The number of likely N-dealkylation sites (N-methyl/N-ethyl adjacent to an activating group) is 1. The lowest BCUT2D eigenvalue weighted by Gasteiger charge is -2.45. The highest BCUT2D eigenvalue weighted by atomic mass is 16.5. The molecule has 2 aliphatic rings. The maximum absolute atomic E-state index is 12.0. The van der Waals surface area contributed by atoms with E-state index in [2.05, 4.69) is 41.3 Å². The maximum Gasteiger partial charge on any atom is 0.315 e. The number of benzene rings is 1. The minimum absolute atomic E-state index is 0.101. The van der Waals surface area contributed by atoms with Gasteiger partial charge in [-0.2, -0.15) is 0 Å². The average Bonchev–Trinajstić information content (AvgIpc) is 3.03. The number of carbonyl (C=O) groups is 1. The number of nitrogens with one attached hydrogen (secondary N) is 2. The SMILES string of the molecule is C=CCNC(=O)N[C@@H]1CC[C@@]2(c3ccc(OC)c(OC)c3)CCN(C)[C@H]2C1. The van der Waals surface area contributed by atoms with Gasteiger partial charge in [0.25, 0.3) is 0 Å². The summed E-state index contributed by atoms with van der Waals surface area (Å²) in [6.45, 7) is 5.18. The fourth-order valence-corrected chi connectivity index (χ4v) is 4.80. The Bertz CT molecular complexity index is 693. The summed E-state index contributed by atoms with van der Waals surface area (Å²) in [4.78, 5) is 14.5. The number of fused-ring (bicyclic) bond motifs is 1. The van der Waals surface area contributed by atoms with Crippen molar-refractivity contribution in [2.45, 2.75) is 43.2 Å². The Balaban J connectivity index is 1.80. The van der Waals surface area contributed by atoms with Crippen molar-refractivity contribution in [2.24, 2.45) is 0 Å². The zero-order valence-electron chi connectivity index (χ0n) is 16.6. The normalized spacial score (nSPS) is 27.5. The Labute approximate surface area is 161 Å². The lowest BCUT2D eigenvalue weighted by Crippen LogP contribution is -2.53. The molecular formula is C21H31N3O3. The van der Waals surface area contributed by atoms with Crippen LogP contribution in [0.3, 0.4) is 0 Å². The number of methoxy groups -OCH3 is 2. The summed E-state index contributed by atoms with van der Waals surface area (Å²) in [5.41, 5.74) is 1.41. The van der Waals surface area contributed by atoms with Crippen LogP contribution in [0.1, 0.15) is 31.2 Å². The lowest BCUT2D eigenvalue weighted by atomic mass is 9.65. The van der Waals surface area contributed by atoms with Crippen LogP contribution in [0.5, 0.6) is 11.5 Å². The van der Waals surface area contributed by atoms with E-state index in [0.717, 1.165) is 43.7 Å². The number of hydrogen-bond donors (Lipinski definition) is 2. The molecular weight excluding hydrogens is 342 g/mol. The smallest absolute Gasteiger partial charge is 0.315 e. The van der Waals surface area contributed by atoms with Crippen LogP contribution in [-0.2, 0) is 5.41 Å². The second kappa shape index (κ2) is 8.21. The third kappa shape index (κ3) is 3.76. The van der Waals surface area contributed by atoms with Crippen LogP contribution in [-0.4, -0.2) is 57.4 Å². The van der Waals surface area contributed by atoms with E-state index >= 15 is 0 Å². The van der Waals surface area contributed by atoms with Crippen molar-refractivity contribution >= 4 is 6.03 Å². The summed E-state index contributed by atoms with van der Waals surface area (Å²) >= 11 is 0. The van der Waals surface area contributed by atoms with Gasteiger partial charge in [-0.05, 0) is 57.0 Å². The summed E-state index contributed by atoms with van der Waals surface area (Å²) in [6.07, 6.45) is 5.78. The largest absolute Gasteiger partial charge is 0.493 e. The zero-order chi connectivity index (χ0) is 19.4. The van der Waals surface area contributed by atoms with Crippen molar-refractivity contribution in [1.29, 1.82) is 0 Å². The molecule has 1 saturated heterocycles. The van der Waals surface area contributed by atoms with E-state index in [0.29, 0.717) is 12.6 Å². The molecule has 1 heterocycles. The molecule has 27 heavy (non-hydrogen) atoms. The lowest BCUT2D eigenvalue weighted by molar-refractivity contribution is 0.154. The predicted octanol–water partition coefficient (Wildman–Crippen LogP) is 2.68. The Kier molecular flexibility index (Phi) is 5.95. The van der Waals surface area contributed by atoms with Gasteiger partial charge >= 0.3 is 6.03 Å². The topological polar surface area (TPSA) is 62.8 Å². The molecule has 3 rings (SSSR count). The summed E-state index contributed by atoms with van der Waals surface area (Å²) in [6, 6.07) is 6.79. The van der Waals surface area contributed by atoms with Crippen molar-refractivity contribution in [3.05, 3.63) is 36.4 Å². The molecule has 1 aliphatic heterocycles. The molecule has 2 amide bonds. The molecule has 6 nitrogen and oxygen atoms in total. The average molecular weight is 373 g/mol. The minimum atomic E-state index is -0.112. The molecule has 0 spiro atoms. The number of likely N-dealkylation sites (tertiary alicyclic amines) is 1. The molecule has 1 saturated carbocycles. The van der Waals surface area contributed by atoms with Crippen molar-refractivity contribution in [2.75, 3.05) is 34.4 Å². The van der Waals surface area contributed by atoms with E-state index in [-0.39, 0.29) is 17.5 Å². The van der Waals surface area contributed by atoms with Gasteiger partial charge in [0.15, 0.2) is 11.5 Å². The summed E-state index contributed by atoms with van der Waals surface area (Å²) in [5, 5.41) is 5.93. The molecule has 1 aliphatic carbocycles. The van der Waals surface area contributed by atoms with Crippen LogP contribution in [0.15, 0.2) is 30.9 Å². The first-order valence-electron chi connectivity index (χ1n) is 9.62. The first-order chi connectivity index (χ1) is 13.0. The van der Waals surface area contributed by atoms with E-state index < -0.39 is 0 Å². The zero-order valence-corrected chi connectivity index (χ0v) is 16.6. The van der Waals surface area contributed by atoms with E-state index in [9.17, 15) is 4.79 Å². The molecule has 0 unspecified atom stereocenters. The number of ether oxygens (including phenoxy) is 2. The maximum atomic E-state index is 12.0. The summed E-state index contributed by atoms with van der Waals surface area (Å²) < 4.78 is 10.9. The van der Waals surface area contributed by atoms with Crippen LogP contribution in [0.2, 0.25) is 0 Å². The number of nitrogens with zero attached hydrogens (tertiary/aromatic N) is 1. The monoisotopic (exact) mass is 373 g/mol. The van der Waals surface area contributed by atoms with Crippen LogP contribution in [0.25, 0.3) is 0 Å². The third-order valence-corrected chi connectivity index (χ3v) is 6.23. The number of amides is 2. The van der Waals surface area contributed by atoms with Crippen molar-refractivity contribution < 1.29 is 14.3 Å². The van der Waals surface area contributed by atoms with E-state index in [1.54, 1.807) is 20.3 Å². The Hall–Kier alpha value is -2.21. The van der Waals surface area contributed by atoms with Gasteiger partial charge in [-0.15, -0.1) is 6.58 Å². The molecule has 3 atom stereocenters. The fourth-order valence-electron chi connectivity index (χ4n) is 4.80. The van der Waals surface area contributed by atoms with E-state index in [1.165, 1.54) is 5.56 Å². The molecule has 148 valence electrons. The van der Waals surface area contributed by atoms with Crippen molar-refractivity contribution in [3.63, 3.8) is 0 Å². The van der Waals surface area contributed by atoms with E-state index in [4.69, 9.17) is 9.47 Å². The highest BCUT2D eigenvalue weighted by Crippen LogP contribution is 2.49. The quantitative estimate of drug-likeness (QED) is 0.753. The van der Waals surface area contributed by atoms with Gasteiger partial charge in [0.05, 0.1) is 14.2 Å². The van der Waals surface area contributed by atoms with Gasteiger partial charge in [0.2, 0.25) is 0 Å². The van der Waals surface area contributed by atoms with Crippen molar-refractivity contribution in [3.8, 4) is 11.5 Å². The van der Waals surface area contributed by atoms with Gasteiger partial charge in [-0.25, -0.2) is 4.79 Å². The molecule has 0 radical (unpaired) electrons.